The van der Waals surface area contributed by atoms with Crippen LogP contribution in [0.15, 0.2) is 42.6 Å². The second-order valence-corrected chi connectivity index (χ2v) is 6.84. The Morgan fingerprint density at radius 2 is 2.00 bits per heavy atom. The molecule has 1 aromatic heterocycles. The zero-order chi connectivity index (χ0) is 20.1. The number of nitrogens with zero attached hydrogens (tertiary/aromatic N) is 1. The third-order valence-corrected chi connectivity index (χ3v) is 4.81. The standard InChI is InChI=1S/C19H20N2O3S/c1-2-13-3-6-15(20-12-13)9-10-24-16-7-4-14(5-8-16)11-17-18(22)21-19(23)25-17/h3-8,12,17H,2,9-11H2,1H3,(H,21,22,23)/i1+1D3. The first-order valence-electron chi connectivity index (χ1n) is 9.45. The van der Waals surface area contributed by atoms with E-state index < -0.39 is 6.85 Å². The molecule has 1 saturated heterocycles. The van der Waals surface area contributed by atoms with Gasteiger partial charge in [-0.1, -0.05) is 36.8 Å². The highest BCUT2D eigenvalue weighted by molar-refractivity contribution is 8.15. The van der Waals surface area contributed by atoms with Crippen LogP contribution in [0.5, 0.6) is 5.75 Å². The van der Waals surface area contributed by atoms with Crippen molar-refractivity contribution in [2.24, 2.45) is 0 Å². The fraction of sp³-hybridized carbons (Fsp3) is 0.316. The van der Waals surface area contributed by atoms with E-state index in [1.165, 1.54) is 0 Å². The summed E-state index contributed by atoms with van der Waals surface area (Å²) in [6.45, 7) is -1.55. The number of nitrogens with one attached hydrogen (secondary N) is 1. The van der Waals surface area contributed by atoms with Crippen molar-refractivity contribution in [3.8, 4) is 5.75 Å². The Morgan fingerprint density at radius 1 is 1.20 bits per heavy atom. The summed E-state index contributed by atoms with van der Waals surface area (Å²) >= 11 is 1.02. The Hall–Kier alpha value is -2.34. The van der Waals surface area contributed by atoms with E-state index in [-0.39, 0.29) is 22.8 Å². The van der Waals surface area contributed by atoms with Crippen molar-refractivity contribution in [1.82, 2.24) is 10.3 Å². The van der Waals surface area contributed by atoms with Crippen LogP contribution in [-0.2, 0) is 24.1 Å². The molecule has 1 unspecified atom stereocenters. The van der Waals surface area contributed by atoms with Gasteiger partial charge in [-0.25, -0.2) is 0 Å². The Morgan fingerprint density at radius 3 is 2.64 bits per heavy atom. The van der Waals surface area contributed by atoms with E-state index >= 15 is 0 Å². The number of carbonyl (C=O) groups is 2. The van der Waals surface area contributed by atoms with Gasteiger partial charge in [0.1, 0.15) is 5.75 Å². The molecular formula is C19H20N2O3S. The summed E-state index contributed by atoms with van der Waals surface area (Å²) in [6, 6.07) is 11.0. The molecule has 1 aromatic carbocycles. The highest BCUT2D eigenvalue weighted by Gasteiger charge is 2.31. The Labute approximate surface area is 155 Å². The fourth-order valence-corrected chi connectivity index (χ4v) is 3.30. The summed E-state index contributed by atoms with van der Waals surface area (Å²) in [6.07, 6.45) is 2.71. The largest absolute Gasteiger partial charge is 0.493 e. The van der Waals surface area contributed by atoms with E-state index in [0.717, 1.165) is 23.0 Å². The number of hydrogen-bond donors (Lipinski definition) is 1. The summed E-state index contributed by atoms with van der Waals surface area (Å²) in [4.78, 5) is 27.1. The van der Waals surface area contributed by atoms with Crippen LogP contribution in [0.1, 0.15) is 27.8 Å². The topological polar surface area (TPSA) is 68.3 Å². The molecule has 0 spiro atoms. The minimum atomic E-state index is -1.99. The molecule has 0 bridgehead atoms. The van der Waals surface area contributed by atoms with E-state index in [4.69, 9.17) is 8.85 Å². The van der Waals surface area contributed by atoms with Gasteiger partial charge in [-0.2, -0.15) is 0 Å². The molecule has 3 rings (SSSR count). The van der Waals surface area contributed by atoms with Crippen molar-refractivity contribution in [3.05, 3.63) is 59.4 Å². The number of carbonyl (C=O) groups excluding carboxylic acids is 2. The predicted octanol–water partition coefficient (Wildman–Crippen LogP) is 3.16. The minimum absolute atomic E-state index is 0.0122. The SMILES string of the molecule is [2H][13C]([2H])([2H])Cc1ccc(CCOc2ccc(CC3SC(=O)NC3=O)cc2)nc1. The normalized spacial score (nSPS) is 19.0. The first-order chi connectivity index (χ1) is 13.3. The number of pyridine rings is 1. The second-order valence-electron chi connectivity index (χ2n) is 5.66. The molecule has 2 heterocycles. The van der Waals surface area contributed by atoms with Gasteiger partial charge in [0.2, 0.25) is 5.91 Å². The monoisotopic (exact) mass is 360 g/mol. The summed E-state index contributed by atoms with van der Waals surface area (Å²) in [5.41, 5.74) is 2.48. The summed E-state index contributed by atoms with van der Waals surface area (Å²) in [7, 11) is 0. The van der Waals surface area contributed by atoms with Gasteiger partial charge >= 0.3 is 0 Å². The van der Waals surface area contributed by atoms with Gasteiger partial charge in [0.05, 0.1) is 11.9 Å². The van der Waals surface area contributed by atoms with Gasteiger partial charge < -0.3 is 4.74 Å². The van der Waals surface area contributed by atoms with Gasteiger partial charge in [-0.15, -0.1) is 0 Å². The van der Waals surface area contributed by atoms with Crippen molar-refractivity contribution in [2.45, 2.75) is 31.4 Å². The highest BCUT2D eigenvalue weighted by Crippen LogP contribution is 2.23. The van der Waals surface area contributed by atoms with Crippen LogP contribution in [0.2, 0.25) is 0 Å². The van der Waals surface area contributed by atoms with E-state index in [1.807, 2.05) is 30.3 Å². The van der Waals surface area contributed by atoms with E-state index in [1.54, 1.807) is 12.3 Å². The molecule has 1 fully saturated rings. The lowest BCUT2D eigenvalue weighted by Crippen LogP contribution is -2.25. The first kappa shape index (κ1) is 13.9. The second kappa shape index (κ2) is 8.16. The summed E-state index contributed by atoms with van der Waals surface area (Å²) in [5, 5.41) is 1.61. The number of rotatable bonds is 7. The van der Waals surface area contributed by atoms with Gasteiger partial charge in [-0.3, -0.25) is 19.9 Å². The van der Waals surface area contributed by atoms with Gasteiger partial charge in [0.15, 0.2) is 0 Å². The molecule has 1 aliphatic rings. The van der Waals surface area contributed by atoms with Crippen molar-refractivity contribution in [1.29, 1.82) is 0 Å². The Bertz CT molecular complexity index is 839. The van der Waals surface area contributed by atoms with Crippen molar-refractivity contribution in [3.63, 3.8) is 0 Å². The van der Waals surface area contributed by atoms with Crippen molar-refractivity contribution in [2.75, 3.05) is 6.61 Å². The van der Waals surface area contributed by atoms with Gasteiger partial charge in [0.25, 0.3) is 5.24 Å². The zero-order valence-electron chi connectivity index (χ0n) is 16.5. The molecule has 0 aliphatic carbocycles. The van der Waals surface area contributed by atoms with E-state index in [9.17, 15) is 9.59 Å². The molecule has 0 saturated carbocycles. The number of aromatic nitrogens is 1. The molecule has 25 heavy (non-hydrogen) atoms. The molecule has 5 nitrogen and oxygen atoms in total. The summed E-state index contributed by atoms with van der Waals surface area (Å²) in [5.74, 6) is 0.468. The summed E-state index contributed by atoms with van der Waals surface area (Å²) < 4.78 is 27.5. The maximum Gasteiger partial charge on any atom is 0.286 e. The molecule has 0 radical (unpaired) electrons. The molecule has 1 aliphatic heterocycles. The lowest BCUT2D eigenvalue weighted by atomic mass is 10.1. The number of benzene rings is 1. The zero-order valence-corrected chi connectivity index (χ0v) is 14.3. The number of ether oxygens (including phenoxy) is 1. The van der Waals surface area contributed by atoms with Crippen LogP contribution in [0.3, 0.4) is 0 Å². The maximum atomic E-state index is 11.6. The number of hydrogen-bond acceptors (Lipinski definition) is 5. The van der Waals surface area contributed by atoms with Crippen LogP contribution < -0.4 is 10.1 Å². The first-order valence-corrected chi connectivity index (χ1v) is 8.83. The van der Waals surface area contributed by atoms with Crippen LogP contribution in [0.25, 0.3) is 0 Å². The maximum absolute atomic E-state index is 11.6. The lowest BCUT2D eigenvalue weighted by molar-refractivity contribution is -0.118. The van der Waals surface area contributed by atoms with Crippen LogP contribution >= 0.6 is 11.8 Å². The van der Waals surface area contributed by atoms with Gasteiger partial charge in [0, 0.05) is 22.4 Å². The minimum Gasteiger partial charge on any atom is -0.493 e. The molecule has 6 heteroatoms. The third kappa shape index (κ3) is 4.82. The molecule has 2 aromatic rings. The van der Waals surface area contributed by atoms with Gasteiger partial charge in [-0.05, 0) is 42.2 Å². The number of amides is 2. The molecule has 1 N–H and O–H groups in total. The predicted molar refractivity (Wildman–Crippen MR) is 97.9 cm³/mol. The Kier molecular flexibility index (Phi) is 4.54. The molecule has 2 amide bonds. The average molecular weight is 360 g/mol. The average Bonchev–Trinajstić information content (AvgIpc) is 2.94. The molecular weight excluding hydrogens is 337 g/mol. The number of thioether (sulfide) groups is 1. The molecule has 1 atom stereocenters. The quantitative estimate of drug-likeness (QED) is 0.768. The van der Waals surface area contributed by atoms with Crippen LogP contribution in [0, 0.1) is 0 Å². The highest BCUT2D eigenvalue weighted by atomic mass is 32.2. The van der Waals surface area contributed by atoms with Crippen molar-refractivity contribution < 1.29 is 18.4 Å². The lowest BCUT2D eigenvalue weighted by Gasteiger charge is -2.09. The fourth-order valence-electron chi connectivity index (χ4n) is 2.44. The van der Waals surface area contributed by atoms with E-state index in [2.05, 4.69) is 10.3 Å². The van der Waals surface area contributed by atoms with Crippen LogP contribution in [-0.4, -0.2) is 28.0 Å². The Balaban J connectivity index is 1.45. The smallest absolute Gasteiger partial charge is 0.286 e. The third-order valence-electron chi connectivity index (χ3n) is 3.83. The number of aryl methyl sites for hydroxylation is 1. The van der Waals surface area contributed by atoms with E-state index in [0.29, 0.717) is 30.8 Å². The van der Waals surface area contributed by atoms with Crippen LogP contribution in [0.4, 0.5) is 4.79 Å². The van der Waals surface area contributed by atoms with Crippen molar-refractivity contribution >= 4 is 22.9 Å². The number of imide groups is 1. The molecule has 130 valence electrons.